The van der Waals surface area contributed by atoms with Gasteiger partial charge in [-0.15, -0.1) is 0 Å². The van der Waals surface area contributed by atoms with Crippen molar-refractivity contribution in [2.45, 2.75) is 45.7 Å². The van der Waals surface area contributed by atoms with Crippen LogP contribution in [0.15, 0.2) is 54.7 Å². The normalized spacial score (nSPS) is 12.3. The zero-order valence-corrected chi connectivity index (χ0v) is 15.3. The van der Waals surface area contributed by atoms with Crippen LogP contribution in [0.2, 0.25) is 0 Å². The molecule has 136 valence electrons. The van der Waals surface area contributed by atoms with Crippen LogP contribution in [0, 0.1) is 5.82 Å². The number of rotatable bonds is 7. The Balaban J connectivity index is 1.78. The number of hydrogen-bond donors (Lipinski definition) is 1. The predicted molar refractivity (Wildman–Crippen MR) is 104 cm³/mol. The fourth-order valence-corrected chi connectivity index (χ4v) is 3.14. The first-order valence-electron chi connectivity index (χ1n) is 9.17. The van der Waals surface area contributed by atoms with Gasteiger partial charge in [0, 0.05) is 36.1 Å². The molecule has 26 heavy (non-hydrogen) atoms. The number of nitrogens with zero attached hydrogens (tertiary/aromatic N) is 1. The SMILES string of the molecule is CC[C@H](C)NC(=O)CCc1cn(Cc2ccc(F)cc2)c2ccccc12. The van der Waals surface area contributed by atoms with Crippen LogP contribution in [0.5, 0.6) is 0 Å². The van der Waals surface area contributed by atoms with E-state index in [1.54, 1.807) is 0 Å². The molecule has 4 heteroatoms. The van der Waals surface area contributed by atoms with Crippen molar-refractivity contribution in [2.24, 2.45) is 0 Å². The fraction of sp³-hybridized carbons (Fsp3) is 0.318. The lowest BCUT2D eigenvalue weighted by Gasteiger charge is -2.10. The van der Waals surface area contributed by atoms with E-state index in [2.05, 4.69) is 35.1 Å². The van der Waals surface area contributed by atoms with Crippen LogP contribution in [0.25, 0.3) is 10.9 Å². The summed E-state index contributed by atoms with van der Waals surface area (Å²) in [6.07, 6.45) is 4.24. The fourth-order valence-electron chi connectivity index (χ4n) is 3.14. The zero-order valence-electron chi connectivity index (χ0n) is 15.3. The van der Waals surface area contributed by atoms with E-state index in [9.17, 15) is 9.18 Å². The second-order valence-electron chi connectivity index (χ2n) is 6.80. The van der Waals surface area contributed by atoms with Crippen LogP contribution in [0.3, 0.4) is 0 Å². The van der Waals surface area contributed by atoms with Crippen LogP contribution in [-0.4, -0.2) is 16.5 Å². The Bertz CT molecular complexity index is 883. The van der Waals surface area contributed by atoms with Crippen molar-refractivity contribution < 1.29 is 9.18 Å². The summed E-state index contributed by atoms with van der Waals surface area (Å²) in [5.74, 6) is -0.131. The van der Waals surface area contributed by atoms with Crippen LogP contribution in [0.4, 0.5) is 4.39 Å². The summed E-state index contributed by atoms with van der Waals surface area (Å²) >= 11 is 0. The van der Waals surface area contributed by atoms with Crippen molar-refractivity contribution in [3.05, 3.63) is 71.7 Å². The number of carbonyl (C=O) groups excluding carboxylic acids is 1. The molecule has 0 saturated heterocycles. The number of benzene rings is 2. The molecule has 3 aromatic rings. The van der Waals surface area contributed by atoms with Gasteiger partial charge in [-0.3, -0.25) is 4.79 Å². The van der Waals surface area contributed by atoms with Gasteiger partial charge in [-0.05, 0) is 49.1 Å². The molecule has 0 aliphatic heterocycles. The van der Waals surface area contributed by atoms with E-state index < -0.39 is 0 Å². The largest absolute Gasteiger partial charge is 0.354 e. The van der Waals surface area contributed by atoms with Crippen molar-refractivity contribution >= 4 is 16.8 Å². The van der Waals surface area contributed by atoms with Crippen LogP contribution < -0.4 is 5.32 Å². The van der Waals surface area contributed by atoms with Crippen LogP contribution in [-0.2, 0) is 17.8 Å². The smallest absolute Gasteiger partial charge is 0.220 e. The molecule has 1 atom stereocenters. The summed E-state index contributed by atoms with van der Waals surface area (Å²) in [7, 11) is 0. The molecule has 3 rings (SSSR count). The number of para-hydroxylation sites is 1. The maximum Gasteiger partial charge on any atom is 0.220 e. The molecule has 0 spiro atoms. The lowest BCUT2D eigenvalue weighted by molar-refractivity contribution is -0.121. The molecule has 0 unspecified atom stereocenters. The average Bonchev–Trinajstić information content (AvgIpc) is 2.99. The predicted octanol–water partition coefficient (Wildman–Crippen LogP) is 4.68. The van der Waals surface area contributed by atoms with Crippen molar-refractivity contribution in [2.75, 3.05) is 0 Å². The second-order valence-corrected chi connectivity index (χ2v) is 6.80. The molecule has 2 aromatic carbocycles. The van der Waals surface area contributed by atoms with E-state index in [1.165, 1.54) is 23.1 Å². The highest BCUT2D eigenvalue weighted by Crippen LogP contribution is 2.23. The van der Waals surface area contributed by atoms with Gasteiger partial charge in [0.25, 0.3) is 0 Å². The Morgan fingerprint density at radius 3 is 2.62 bits per heavy atom. The van der Waals surface area contributed by atoms with Gasteiger partial charge in [-0.2, -0.15) is 0 Å². The van der Waals surface area contributed by atoms with Gasteiger partial charge < -0.3 is 9.88 Å². The molecule has 1 heterocycles. The highest BCUT2D eigenvalue weighted by Gasteiger charge is 2.11. The molecular formula is C22H25FN2O. The Morgan fingerprint density at radius 2 is 1.88 bits per heavy atom. The van der Waals surface area contributed by atoms with E-state index in [4.69, 9.17) is 0 Å². The van der Waals surface area contributed by atoms with Crippen molar-refractivity contribution in [3.8, 4) is 0 Å². The quantitative estimate of drug-likeness (QED) is 0.658. The van der Waals surface area contributed by atoms with Crippen LogP contribution >= 0.6 is 0 Å². The zero-order chi connectivity index (χ0) is 18.5. The third-order valence-corrected chi connectivity index (χ3v) is 4.78. The number of halogens is 1. The minimum Gasteiger partial charge on any atom is -0.354 e. The van der Waals surface area contributed by atoms with Gasteiger partial charge in [0.05, 0.1) is 0 Å². The molecular weight excluding hydrogens is 327 g/mol. The number of aryl methyl sites for hydroxylation is 1. The van der Waals surface area contributed by atoms with Crippen molar-refractivity contribution in [3.63, 3.8) is 0 Å². The minimum absolute atomic E-state index is 0.0923. The number of amides is 1. The van der Waals surface area contributed by atoms with Crippen molar-refractivity contribution in [1.29, 1.82) is 0 Å². The number of carbonyl (C=O) groups is 1. The monoisotopic (exact) mass is 352 g/mol. The molecule has 3 nitrogen and oxygen atoms in total. The lowest BCUT2D eigenvalue weighted by Crippen LogP contribution is -2.31. The molecule has 0 radical (unpaired) electrons. The number of aromatic nitrogens is 1. The average molecular weight is 352 g/mol. The summed E-state index contributed by atoms with van der Waals surface area (Å²) < 4.78 is 15.3. The van der Waals surface area contributed by atoms with E-state index in [0.29, 0.717) is 19.4 Å². The first kappa shape index (κ1) is 18.2. The first-order valence-corrected chi connectivity index (χ1v) is 9.17. The number of nitrogens with one attached hydrogen (secondary N) is 1. The van der Waals surface area contributed by atoms with E-state index in [0.717, 1.165) is 17.5 Å². The van der Waals surface area contributed by atoms with Gasteiger partial charge in [0.15, 0.2) is 0 Å². The summed E-state index contributed by atoms with van der Waals surface area (Å²) in [5.41, 5.74) is 3.35. The molecule has 0 saturated carbocycles. The lowest BCUT2D eigenvalue weighted by atomic mass is 10.1. The van der Waals surface area contributed by atoms with E-state index >= 15 is 0 Å². The summed E-state index contributed by atoms with van der Waals surface area (Å²) in [5, 5.41) is 4.19. The minimum atomic E-state index is -0.223. The molecule has 0 aliphatic rings. The standard InChI is InChI=1S/C22H25FN2O/c1-3-16(2)24-22(26)13-10-18-15-25(21-7-5-4-6-20(18)21)14-17-8-11-19(23)12-9-17/h4-9,11-12,15-16H,3,10,13-14H2,1-2H3,(H,24,26)/t16-/m0/s1. The maximum atomic E-state index is 13.1. The second kappa shape index (κ2) is 8.17. The molecule has 0 bridgehead atoms. The molecule has 1 N–H and O–H groups in total. The first-order chi connectivity index (χ1) is 12.6. The topological polar surface area (TPSA) is 34.0 Å². The van der Waals surface area contributed by atoms with Gasteiger partial charge in [0.1, 0.15) is 5.82 Å². The van der Waals surface area contributed by atoms with Gasteiger partial charge in [-0.25, -0.2) is 4.39 Å². The van der Waals surface area contributed by atoms with E-state index in [1.807, 2.05) is 31.2 Å². The van der Waals surface area contributed by atoms with Gasteiger partial charge in [0.2, 0.25) is 5.91 Å². The molecule has 0 aliphatic carbocycles. The van der Waals surface area contributed by atoms with Gasteiger partial charge in [-0.1, -0.05) is 37.3 Å². The molecule has 1 aromatic heterocycles. The van der Waals surface area contributed by atoms with E-state index in [-0.39, 0.29) is 17.8 Å². The van der Waals surface area contributed by atoms with Gasteiger partial charge >= 0.3 is 0 Å². The Kier molecular flexibility index (Phi) is 5.71. The number of hydrogen-bond acceptors (Lipinski definition) is 1. The summed E-state index contributed by atoms with van der Waals surface area (Å²) in [4.78, 5) is 12.1. The van der Waals surface area contributed by atoms with Crippen LogP contribution in [0.1, 0.15) is 37.8 Å². The van der Waals surface area contributed by atoms with Crippen molar-refractivity contribution in [1.82, 2.24) is 9.88 Å². The highest BCUT2D eigenvalue weighted by atomic mass is 19.1. The maximum absolute atomic E-state index is 13.1. The Labute approximate surface area is 153 Å². The summed E-state index contributed by atoms with van der Waals surface area (Å²) in [6, 6.07) is 15.0. The molecule has 0 fully saturated rings. The Morgan fingerprint density at radius 1 is 1.15 bits per heavy atom. The highest BCUT2D eigenvalue weighted by molar-refractivity contribution is 5.85. The summed E-state index contributed by atoms with van der Waals surface area (Å²) in [6.45, 7) is 4.76. The Hall–Kier alpha value is -2.62. The third kappa shape index (κ3) is 4.31. The third-order valence-electron chi connectivity index (χ3n) is 4.78. The molecule has 1 amide bonds. The number of fused-ring (bicyclic) bond motifs is 1.